The van der Waals surface area contributed by atoms with Crippen molar-refractivity contribution >= 4 is 35.8 Å². The third-order valence-corrected chi connectivity index (χ3v) is 4.10. The zero-order chi connectivity index (χ0) is 21.6. The molecule has 0 saturated carbocycles. The summed E-state index contributed by atoms with van der Waals surface area (Å²) in [7, 11) is 0. The van der Waals surface area contributed by atoms with Gasteiger partial charge in [0.05, 0.1) is 13.0 Å². The van der Waals surface area contributed by atoms with Crippen molar-refractivity contribution in [2.75, 3.05) is 26.2 Å². The third kappa shape index (κ3) is 10.3. The molecule has 2 aromatic carbocycles. The molecule has 0 aliphatic rings. The lowest BCUT2D eigenvalue weighted by Gasteiger charge is -2.13. The van der Waals surface area contributed by atoms with Gasteiger partial charge in [0.25, 0.3) is 0 Å². The first-order chi connectivity index (χ1) is 14.6. The van der Waals surface area contributed by atoms with E-state index in [-0.39, 0.29) is 42.1 Å². The average Bonchev–Trinajstić information content (AvgIpc) is 2.75. The molecule has 0 radical (unpaired) electrons. The molecule has 2 aromatic rings. The van der Waals surface area contributed by atoms with Crippen molar-refractivity contribution < 1.29 is 13.9 Å². The van der Waals surface area contributed by atoms with Gasteiger partial charge in [0, 0.05) is 25.2 Å². The van der Waals surface area contributed by atoms with E-state index in [0.29, 0.717) is 32.2 Å². The van der Waals surface area contributed by atoms with E-state index < -0.39 is 0 Å². The normalized spacial score (nSPS) is 10.6. The second-order valence-corrected chi connectivity index (χ2v) is 6.48. The Bertz CT molecular complexity index is 844. The highest BCUT2D eigenvalue weighted by Crippen LogP contribution is 2.18. The van der Waals surface area contributed by atoms with Crippen molar-refractivity contribution in [2.45, 2.75) is 19.9 Å². The fourth-order valence-corrected chi connectivity index (χ4v) is 2.66. The Kier molecular flexibility index (Phi) is 13.0. The summed E-state index contributed by atoms with van der Waals surface area (Å²) < 4.78 is 18.6. The Labute approximate surface area is 200 Å². The van der Waals surface area contributed by atoms with Gasteiger partial charge in [0.15, 0.2) is 5.96 Å². The molecular formula is C23H30FIN4O2. The van der Waals surface area contributed by atoms with Gasteiger partial charge in [-0.1, -0.05) is 43.0 Å². The molecule has 0 saturated heterocycles. The van der Waals surface area contributed by atoms with E-state index in [1.807, 2.05) is 31.2 Å². The fraction of sp³-hybridized carbons (Fsp3) is 0.304. The number of hydrogen-bond acceptors (Lipinski definition) is 3. The number of benzene rings is 2. The van der Waals surface area contributed by atoms with Crippen molar-refractivity contribution in [3.8, 4) is 5.75 Å². The molecule has 6 nitrogen and oxygen atoms in total. The van der Waals surface area contributed by atoms with Crippen LogP contribution in [0.1, 0.15) is 18.1 Å². The largest absolute Gasteiger partial charge is 0.489 e. The van der Waals surface area contributed by atoms with Gasteiger partial charge in [-0.15, -0.1) is 24.0 Å². The second kappa shape index (κ2) is 15.2. The number of ether oxygens (including phenoxy) is 1. The SMILES string of the molecule is C=CCOc1ccccc1CN=C(NCC)NCCNC(=O)Cc1ccc(F)cc1.I. The van der Waals surface area contributed by atoms with Crippen LogP contribution in [0.15, 0.2) is 66.2 Å². The van der Waals surface area contributed by atoms with Crippen LogP contribution in [0.5, 0.6) is 5.75 Å². The molecule has 0 aromatic heterocycles. The highest BCUT2D eigenvalue weighted by atomic mass is 127. The number of amides is 1. The number of guanidine groups is 1. The number of rotatable bonds is 11. The lowest BCUT2D eigenvalue weighted by Crippen LogP contribution is -2.41. The van der Waals surface area contributed by atoms with Crippen LogP contribution in [0.25, 0.3) is 0 Å². The molecule has 0 heterocycles. The van der Waals surface area contributed by atoms with Gasteiger partial charge < -0.3 is 20.7 Å². The lowest BCUT2D eigenvalue weighted by atomic mass is 10.1. The molecule has 0 atom stereocenters. The van der Waals surface area contributed by atoms with Gasteiger partial charge in [-0.2, -0.15) is 0 Å². The van der Waals surface area contributed by atoms with E-state index >= 15 is 0 Å². The minimum absolute atomic E-state index is 0. The Morgan fingerprint density at radius 2 is 1.81 bits per heavy atom. The predicted molar refractivity (Wildman–Crippen MR) is 133 cm³/mol. The number of nitrogens with zero attached hydrogens (tertiary/aromatic N) is 1. The van der Waals surface area contributed by atoms with Crippen LogP contribution in [0.3, 0.4) is 0 Å². The summed E-state index contributed by atoms with van der Waals surface area (Å²) in [5, 5.41) is 9.22. The van der Waals surface area contributed by atoms with Crippen molar-refractivity contribution in [1.82, 2.24) is 16.0 Å². The highest BCUT2D eigenvalue weighted by Gasteiger charge is 2.05. The van der Waals surface area contributed by atoms with E-state index in [4.69, 9.17) is 4.74 Å². The first-order valence-corrected chi connectivity index (χ1v) is 9.97. The van der Waals surface area contributed by atoms with Crippen LogP contribution in [0.4, 0.5) is 4.39 Å². The Morgan fingerprint density at radius 3 is 2.52 bits per heavy atom. The summed E-state index contributed by atoms with van der Waals surface area (Å²) in [6, 6.07) is 13.7. The van der Waals surface area contributed by atoms with Crippen LogP contribution in [-0.4, -0.2) is 38.1 Å². The van der Waals surface area contributed by atoms with Gasteiger partial charge in [-0.25, -0.2) is 9.38 Å². The standard InChI is InChI=1S/C23H29FN4O2.HI/c1-3-15-30-21-8-6-5-7-19(21)17-28-23(25-4-2)27-14-13-26-22(29)16-18-9-11-20(24)12-10-18;/h3,5-12H,1,4,13-17H2,2H3,(H,26,29)(H2,25,27,28);1H. The first kappa shape index (κ1) is 26.4. The van der Waals surface area contributed by atoms with E-state index in [2.05, 4.69) is 27.5 Å². The van der Waals surface area contributed by atoms with Crippen molar-refractivity contribution in [2.24, 2.45) is 4.99 Å². The number of carbonyl (C=O) groups excluding carboxylic acids is 1. The quantitative estimate of drug-likeness (QED) is 0.134. The number of aliphatic imine (C=N–C) groups is 1. The Morgan fingerprint density at radius 1 is 1.10 bits per heavy atom. The molecule has 8 heteroatoms. The zero-order valence-electron chi connectivity index (χ0n) is 17.7. The zero-order valence-corrected chi connectivity index (χ0v) is 20.0. The number of hydrogen-bond donors (Lipinski definition) is 3. The molecule has 1 amide bonds. The summed E-state index contributed by atoms with van der Waals surface area (Å²) in [5.41, 5.74) is 1.75. The van der Waals surface area contributed by atoms with E-state index in [1.165, 1.54) is 12.1 Å². The smallest absolute Gasteiger partial charge is 0.224 e. The number of carbonyl (C=O) groups is 1. The van der Waals surface area contributed by atoms with Crippen LogP contribution in [0, 0.1) is 5.82 Å². The molecule has 0 spiro atoms. The van der Waals surface area contributed by atoms with Crippen molar-refractivity contribution in [3.63, 3.8) is 0 Å². The number of halogens is 2. The van der Waals surface area contributed by atoms with Crippen LogP contribution in [-0.2, 0) is 17.8 Å². The van der Waals surface area contributed by atoms with Gasteiger partial charge in [0.2, 0.25) is 5.91 Å². The Hall–Kier alpha value is -2.62. The average molecular weight is 540 g/mol. The van der Waals surface area contributed by atoms with Crippen molar-refractivity contribution in [1.29, 1.82) is 0 Å². The monoisotopic (exact) mass is 540 g/mol. The van der Waals surface area contributed by atoms with E-state index in [9.17, 15) is 9.18 Å². The minimum atomic E-state index is -0.312. The molecule has 168 valence electrons. The van der Waals surface area contributed by atoms with Crippen LogP contribution in [0.2, 0.25) is 0 Å². The molecular weight excluding hydrogens is 510 g/mol. The van der Waals surface area contributed by atoms with Gasteiger partial charge in [0.1, 0.15) is 18.2 Å². The van der Waals surface area contributed by atoms with Gasteiger partial charge in [-0.3, -0.25) is 4.79 Å². The highest BCUT2D eigenvalue weighted by molar-refractivity contribution is 14.0. The molecule has 2 rings (SSSR count). The molecule has 0 bridgehead atoms. The lowest BCUT2D eigenvalue weighted by molar-refractivity contribution is -0.120. The maximum atomic E-state index is 12.9. The van der Waals surface area contributed by atoms with Gasteiger partial charge in [-0.05, 0) is 30.7 Å². The number of nitrogens with one attached hydrogen (secondary N) is 3. The molecule has 0 aliphatic heterocycles. The summed E-state index contributed by atoms with van der Waals surface area (Å²) in [6.45, 7) is 8.25. The van der Waals surface area contributed by atoms with Crippen molar-refractivity contribution in [3.05, 3.63) is 78.1 Å². The first-order valence-electron chi connectivity index (χ1n) is 9.97. The molecule has 31 heavy (non-hydrogen) atoms. The molecule has 3 N–H and O–H groups in total. The van der Waals surface area contributed by atoms with Crippen LogP contribution < -0.4 is 20.7 Å². The molecule has 0 aliphatic carbocycles. The summed E-state index contributed by atoms with van der Waals surface area (Å²) in [4.78, 5) is 16.6. The molecule has 0 fully saturated rings. The summed E-state index contributed by atoms with van der Waals surface area (Å²) in [6.07, 6.45) is 1.92. The van der Waals surface area contributed by atoms with Crippen LogP contribution >= 0.6 is 24.0 Å². The topological polar surface area (TPSA) is 74.8 Å². The van der Waals surface area contributed by atoms with E-state index in [0.717, 1.165) is 23.4 Å². The van der Waals surface area contributed by atoms with E-state index in [1.54, 1.807) is 18.2 Å². The second-order valence-electron chi connectivity index (χ2n) is 6.48. The Balaban J connectivity index is 0.00000480. The summed E-state index contributed by atoms with van der Waals surface area (Å²) in [5.74, 6) is 1.01. The third-order valence-electron chi connectivity index (χ3n) is 4.10. The fourth-order valence-electron chi connectivity index (χ4n) is 2.66. The summed E-state index contributed by atoms with van der Waals surface area (Å²) >= 11 is 0. The minimum Gasteiger partial charge on any atom is -0.489 e. The maximum Gasteiger partial charge on any atom is 0.224 e. The number of para-hydroxylation sites is 1. The maximum absolute atomic E-state index is 12.9. The van der Waals surface area contributed by atoms with Gasteiger partial charge >= 0.3 is 0 Å². The molecule has 0 unspecified atom stereocenters. The predicted octanol–water partition coefficient (Wildman–Crippen LogP) is 3.42.